The fourth-order valence-electron chi connectivity index (χ4n) is 3.48. The lowest BCUT2D eigenvalue weighted by atomic mass is 10.1. The van der Waals surface area contributed by atoms with Crippen LogP contribution >= 0.6 is 0 Å². The van der Waals surface area contributed by atoms with Crippen LogP contribution in [0.1, 0.15) is 19.4 Å². The normalized spacial score (nSPS) is 11.9. The van der Waals surface area contributed by atoms with Crippen LogP contribution in [0.3, 0.4) is 0 Å². The smallest absolute Gasteiger partial charge is 0.251 e. The van der Waals surface area contributed by atoms with Crippen LogP contribution in [0.4, 0.5) is 5.69 Å². The van der Waals surface area contributed by atoms with Crippen molar-refractivity contribution in [3.05, 3.63) is 78.1 Å². The Bertz CT molecular complexity index is 1160. The van der Waals surface area contributed by atoms with Gasteiger partial charge in [-0.3, -0.25) is 9.78 Å². The highest BCUT2D eigenvalue weighted by atomic mass is 16.1. The standard InChI is InChI=1S/C23H21N3O/c1-3-26-21-7-5-4-6-19(21)20-15-18(8-9-22(20)26)25-23(27)16(2)14-17-10-12-24-13-11-17/h4-15H,3H2,1-2H3,(H,25,27)/b16-14+. The molecule has 4 aromatic rings. The molecule has 0 atom stereocenters. The van der Waals surface area contributed by atoms with Gasteiger partial charge in [0.05, 0.1) is 0 Å². The lowest BCUT2D eigenvalue weighted by molar-refractivity contribution is -0.112. The molecule has 1 amide bonds. The quantitative estimate of drug-likeness (QED) is 0.508. The van der Waals surface area contributed by atoms with Gasteiger partial charge in [-0.15, -0.1) is 0 Å². The first-order chi connectivity index (χ1) is 13.2. The maximum atomic E-state index is 12.6. The molecule has 0 spiro atoms. The summed E-state index contributed by atoms with van der Waals surface area (Å²) in [4.78, 5) is 16.6. The van der Waals surface area contributed by atoms with E-state index in [-0.39, 0.29) is 5.91 Å². The number of hydrogen-bond acceptors (Lipinski definition) is 2. The van der Waals surface area contributed by atoms with E-state index in [0.717, 1.165) is 23.2 Å². The van der Waals surface area contributed by atoms with Crippen molar-refractivity contribution in [2.24, 2.45) is 0 Å². The van der Waals surface area contributed by atoms with Crippen molar-refractivity contribution in [1.82, 2.24) is 9.55 Å². The molecule has 2 aromatic heterocycles. The number of carbonyl (C=O) groups is 1. The van der Waals surface area contributed by atoms with E-state index in [1.807, 2.05) is 31.2 Å². The first-order valence-corrected chi connectivity index (χ1v) is 9.08. The van der Waals surface area contributed by atoms with Crippen LogP contribution in [0.25, 0.3) is 27.9 Å². The molecule has 0 bridgehead atoms. The third-order valence-electron chi connectivity index (χ3n) is 4.79. The van der Waals surface area contributed by atoms with E-state index in [1.54, 1.807) is 12.4 Å². The van der Waals surface area contributed by atoms with Crippen molar-refractivity contribution in [2.45, 2.75) is 20.4 Å². The Balaban J connectivity index is 1.67. The van der Waals surface area contributed by atoms with Crippen molar-refractivity contribution in [1.29, 1.82) is 0 Å². The number of nitrogens with zero attached hydrogens (tertiary/aromatic N) is 2. The largest absolute Gasteiger partial charge is 0.341 e. The highest BCUT2D eigenvalue weighted by Crippen LogP contribution is 2.31. The molecule has 4 rings (SSSR count). The summed E-state index contributed by atoms with van der Waals surface area (Å²) in [6.45, 7) is 4.87. The average molecular weight is 355 g/mol. The summed E-state index contributed by atoms with van der Waals surface area (Å²) in [5.41, 5.74) is 4.80. The number of aromatic nitrogens is 2. The molecule has 1 N–H and O–H groups in total. The zero-order valence-electron chi connectivity index (χ0n) is 15.4. The number of hydrogen-bond donors (Lipinski definition) is 1. The Labute approximate surface area is 158 Å². The first kappa shape index (κ1) is 17.0. The number of amides is 1. The molecule has 27 heavy (non-hydrogen) atoms. The third-order valence-corrected chi connectivity index (χ3v) is 4.79. The number of nitrogens with one attached hydrogen (secondary N) is 1. The predicted molar refractivity (Wildman–Crippen MR) is 112 cm³/mol. The minimum Gasteiger partial charge on any atom is -0.341 e. The summed E-state index contributed by atoms with van der Waals surface area (Å²) in [5, 5.41) is 5.37. The Morgan fingerprint density at radius 1 is 1.04 bits per heavy atom. The topological polar surface area (TPSA) is 46.9 Å². The van der Waals surface area contributed by atoms with Crippen LogP contribution in [0.15, 0.2) is 72.6 Å². The molecule has 0 fully saturated rings. The van der Waals surface area contributed by atoms with Gasteiger partial charge in [-0.1, -0.05) is 18.2 Å². The Hall–Kier alpha value is -3.40. The van der Waals surface area contributed by atoms with Gasteiger partial charge in [-0.25, -0.2) is 0 Å². The second kappa shape index (κ2) is 7.08. The number of anilines is 1. The summed E-state index contributed by atoms with van der Waals surface area (Å²) < 4.78 is 2.30. The second-order valence-corrected chi connectivity index (χ2v) is 6.56. The second-order valence-electron chi connectivity index (χ2n) is 6.56. The van der Waals surface area contributed by atoms with Crippen LogP contribution in [-0.2, 0) is 11.3 Å². The van der Waals surface area contributed by atoms with E-state index >= 15 is 0 Å². The number of rotatable bonds is 4. The van der Waals surface area contributed by atoms with Crippen LogP contribution in [0, 0.1) is 0 Å². The molecule has 0 radical (unpaired) electrons. The maximum absolute atomic E-state index is 12.6. The summed E-state index contributed by atoms with van der Waals surface area (Å²) in [5.74, 6) is -0.106. The summed E-state index contributed by atoms with van der Waals surface area (Å²) in [6, 6.07) is 18.2. The monoisotopic (exact) mass is 355 g/mol. The summed E-state index contributed by atoms with van der Waals surface area (Å²) in [7, 11) is 0. The van der Waals surface area contributed by atoms with E-state index in [9.17, 15) is 4.79 Å². The predicted octanol–water partition coefficient (Wildman–Crippen LogP) is 5.25. The Morgan fingerprint density at radius 2 is 1.78 bits per heavy atom. The van der Waals surface area contributed by atoms with Crippen LogP contribution in [0.5, 0.6) is 0 Å². The minimum atomic E-state index is -0.106. The zero-order valence-corrected chi connectivity index (χ0v) is 15.4. The van der Waals surface area contributed by atoms with Crippen molar-refractivity contribution >= 4 is 39.5 Å². The highest BCUT2D eigenvalue weighted by Gasteiger charge is 2.11. The number of aryl methyl sites for hydroxylation is 1. The average Bonchev–Trinajstić information content (AvgIpc) is 3.02. The molecule has 2 heterocycles. The molecule has 0 unspecified atom stereocenters. The van der Waals surface area contributed by atoms with Crippen LogP contribution < -0.4 is 5.32 Å². The maximum Gasteiger partial charge on any atom is 0.251 e. The molecule has 2 aromatic carbocycles. The van der Waals surface area contributed by atoms with Crippen molar-refractivity contribution in [2.75, 3.05) is 5.32 Å². The SMILES string of the molecule is CCn1c2ccccc2c2cc(NC(=O)/C(C)=C/c3ccncc3)ccc21. The minimum absolute atomic E-state index is 0.106. The molecule has 4 nitrogen and oxygen atoms in total. The van der Waals surface area contributed by atoms with Crippen molar-refractivity contribution in [3.8, 4) is 0 Å². The summed E-state index contributed by atoms with van der Waals surface area (Å²) in [6.07, 6.45) is 5.29. The van der Waals surface area contributed by atoms with E-state index in [1.165, 1.54) is 16.4 Å². The third kappa shape index (κ3) is 3.22. The van der Waals surface area contributed by atoms with Crippen molar-refractivity contribution in [3.63, 3.8) is 0 Å². The number of benzene rings is 2. The van der Waals surface area contributed by atoms with E-state index in [2.05, 4.69) is 58.2 Å². The zero-order chi connectivity index (χ0) is 18.8. The molecule has 0 aliphatic heterocycles. The number of carbonyl (C=O) groups excluding carboxylic acids is 1. The molecule has 134 valence electrons. The van der Waals surface area contributed by atoms with Crippen LogP contribution in [-0.4, -0.2) is 15.5 Å². The number of para-hydroxylation sites is 1. The van der Waals surface area contributed by atoms with Gasteiger partial charge in [0.2, 0.25) is 0 Å². The van der Waals surface area contributed by atoms with Gasteiger partial charge in [0.1, 0.15) is 0 Å². The lowest BCUT2D eigenvalue weighted by Crippen LogP contribution is -2.12. The van der Waals surface area contributed by atoms with E-state index in [4.69, 9.17) is 0 Å². The van der Waals surface area contributed by atoms with Gasteiger partial charge in [-0.2, -0.15) is 0 Å². The fourth-order valence-corrected chi connectivity index (χ4v) is 3.48. The Morgan fingerprint density at radius 3 is 2.56 bits per heavy atom. The number of pyridine rings is 1. The van der Waals surface area contributed by atoms with Crippen LogP contribution in [0.2, 0.25) is 0 Å². The molecule has 0 aliphatic carbocycles. The molecular formula is C23H21N3O. The van der Waals surface area contributed by atoms with E-state index < -0.39 is 0 Å². The lowest BCUT2D eigenvalue weighted by Gasteiger charge is -2.07. The van der Waals surface area contributed by atoms with Crippen molar-refractivity contribution < 1.29 is 4.79 Å². The van der Waals surface area contributed by atoms with Gasteiger partial charge in [0.15, 0.2) is 0 Å². The molecule has 0 saturated carbocycles. The fraction of sp³-hybridized carbons (Fsp3) is 0.130. The summed E-state index contributed by atoms with van der Waals surface area (Å²) >= 11 is 0. The van der Waals surface area contributed by atoms with Gasteiger partial charge in [0, 0.05) is 52.0 Å². The number of fused-ring (bicyclic) bond motifs is 3. The molecule has 0 saturated heterocycles. The molecular weight excluding hydrogens is 334 g/mol. The van der Waals surface area contributed by atoms with Gasteiger partial charge >= 0.3 is 0 Å². The first-order valence-electron chi connectivity index (χ1n) is 9.08. The van der Waals surface area contributed by atoms with Gasteiger partial charge < -0.3 is 9.88 Å². The van der Waals surface area contributed by atoms with Gasteiger partial charge in [0.25, 0.3) is 5.91 Å². The molecule has 0 aliphatic rings. The highest BCUT2D eigenvalue weighted by molar-refractivity contribution is 6.11. The van der Waals surface area contributed by atoms with E-state index in [0.29, 0.717) is 5.57 Å². The van der Waals surface area contributed by atoms with Gasteiger partial charge in [-0.05, 0) is 61.9 Å². The Kier molecular flexibility index (Phi) is 4.47. The molecule has 4 heteroatoms.